The molecule has 0 nitrogen and oxygen atoms in total. The fourth-order valence-corrected chi connectivity index (χ4v) is 64.7. The third-order valence-corrected chi connectivity index (χ3v) is 68.7. The summed E-state index contributed by atoms with van der Waals surface area (Å²) in [6, 6.07) is 34.8. The molecule has 0 N–H and O–H groups in total. The van der Waals surface area contributed by atoms with Crippen molar-refractivity contribution in [3.63, 3.8) is 0 Å². The fraction of sp³-hybridized carbons (Fsp3) is 0.263. The second-order valence-electron chi connectivity index (χ2n) is 12.8. The Kier molecular flexibility index (Phi) is 7.16. The van der Waals surface area contributed by atoms with E-state index >= 15 is 0 Å². The van der Waals surface area contributed by atoms with Crippen LogP contribution in [-0.2, 0) is 17.1 Å². The summed E-state index contributed by atoms with van der Waals surface area (Å²) in [5.74, 6) is 0. The Hall–Kier alpha value is -2.55. The first-order valence-electron chi connectivity index (χ1n) is 15.1. The van der Waals surface area contributed by atoms with Crippen LogP contribution >= 0.6 is 0 Å². The summed E-state index contributed by atoms with van der Waals surface area (Å²) < 4.78 is 6.89. The molecule has 0 fully saturated rings. The van der Waals surface area contributed by atoms with E-state index in [9.17, 15) is 0 Å². The molecule has 4 aromatic carbocycles. The van der Waals surface area contributed by atoms with E-state index in [0.29, 0.717) is 7.35 Å². The number of hydrogen-bond donors (Lipinski definition) is 0. The zero-order chi connectivity index (χ0) is 28.1. The van der Waals surface area contributed by atoms with Crippen LogP contribution in [0.15, 0.2) is 97.1 Å². The third kappa shape index (κ3) is 4.09. The first-order valence-corrected chi connectivity index (χ1v) is 33.7. The molecule has 6 rings (SSSR count). The quantitative estimate of drug-likeness (QED) is 0.175. The van der Waals surface area contributed by atoms with Gasteiger partial charge in [-0.2, -0.15) is 0 Å². The summed E-state index contributed by atoms with van der Waals surface area (Å²) in [4.78, 5) is 0. The fourth-order valence-electron chi connectivity index (χ4n) is 8.44. The summed E-state index contributed by atoms with van der Waals surface area (Å²) in [5.41, 5.74) is 13.8. The predicted molar refractivity (Wildman–Crippen MR) is 175 cm³/mol. The Morgan fingerprint density at radius 1 is 0.550 bits per heavy atom. The monoisotopic (exact) mass is 706 g/mol. The molecule has 0 bridgehead atoms. The van der Waals surface area contributed by atoms with E-state index in [-0.39, 0.29) is 0 Å². The molecule has 40 heavy (non-hydrogen) atoms. The van der Waals surface area contributed by atoms with Crippen LogP contribution in [0.1, 0.15) is 54.6 Å². The van der Waals surface area contributed by atoms with E-state index in [1.54, 1.807) is 11.1 Å². The van der Waals surface area contributed by atoms with Crippen molar-refractivity contribution >= 4 is 17.6 Å². The number of benzene rings is 4. The summed E-state index contributed by atoms with van der Waals surface area (Å²) in [6.45, 7) is 9.48. The van der Waals surface area contributed by atoms with Crippen molar-refractivity contribution in [2.24, 2.45) is 0 Å². The van der Waals surface area contributed by atoms with Crippen LogP contribution < -0.4 is 0 Å². The van der Waals surface area contributed by atoms with E-state index < -0.39 is 22.6 Å². The molecule has 2 atom stereocenters. The number of hydrogen-bond acceptors (Lipinski definition) is 0. The average Bonchev–Trinajstić information content (AvgIpc) is 3.60. The van der Waals surface area contributed by atoms with Crippen LogP contribution in [0.2, 0.25) is 21.4 Å². The van der Waals surface area contributed by atoms with Crippen molar-refractivity contribution in [2.75, 3.05) is 0 Å². The number of fused-ring (bicyclic) bond motifs is 2. The Balaban J connectivity index is 1.57. The van der Waals surface area contributed by atoms with Gasteiger partial charge in [-0.05, 0) is 0 Å². The van der Waals surface area contributed by atoms with Crippen molar-refractivity contribution in [3.8, 4) is 22.3 Å². The molecule has 0 saturated carbocycles. The molecular weight excluding hydrogens is 663 g/mol. The van der Waals surface area contributed by atoms with Gasteiger partial charge in [0.1, 0.15) is 0 Å². The van der Waals surface area contributed by atoms with E-state index in [1.807, 2.05) is 0 Å². The summed E-state index contributed by atoms with van der Waals surface area (Å²) in [6.07, 6.45) is 10.3. The molecule has 2 heteroatoms. The van der Waals surface area contributed by atoms with Crippen molar-refractivity contribution in [2.45, 2.75) is 56.5 Å². The minimum atomic E-state index is -3.77. The first-order chi connectivity index (χ1) is 19.3. The second-order valence-corrected chi connectivity index (χ2v) is 59.2. The van der Waals surface area contributed by atoms with Gasteiger partial charge in [0.15, 0.2) is 0 Å². The molecule has 0 spiro atoms. The molecule has 0 saturated heterocycles. The summed E-state index contributed by atoms with van der Waals surface area (Å²) >= 11 is -3.77. The molecule has 0 aromatic heterocycles. The van der Waals surface area contributed by atoms with Crippen molar-refractivity contribution in [1.29, 1.82) is 0 Å². The molecule has 0 heterocycles. The van der Waals surface area contributed by atoms with Crippen LogP contribution in [0.25, 0.3) is 34.4 Å². The maximum atomic E-state index is 2.87. The SMILES string of the molecule is CC[Si](CC)=[Hf]([CH3])([CH3])([CH]1C=Cc2c(-c3ccccc3C)cccc21)[CH]1C=Cc2c(-c3ccccc3C)cccc21. The Morgan fingerprint density at radius 2 is 0.950 bits per heavy atom. The van der Waals surface area contributed by atoms with Crippen LogP contribution in [0.4, 0.5) is 0 Å². The maximum absolute atomic E-state index is 3.77. The first kappa shape index (κ1) is 27.6. The number of rotatable bonds is 6. The van der Waals surface area contributed by atoms with Gasteiger partial charge in [0.25, 0.3) is 0 Å². The van der Waals surface area contributed by atoms with Gasteiger partial charge in [-0.3, -0.25) is 0 Å². The predicted octanol–water partition coefficient (Wildman–Crippen LogP) is 11.3. The van der Waals surface area contributed by atoms with E-state index in [0.717, 1.165) is 0 Å². The van der Waals surface area contributed by atoms with Gasteiger partial charge in [-0.15, -0.1) is 0 Å². The van der Waals surface area contributed by atoms with Gasteiger partial charge >= 0.3 is 244 Å². The standard InChI is InChI=1S/2C16H13.C4H10Si.2CH3.Hf/c2*1-12-6-2-3-9-14(12)16-11-5-8-13-7-4-10-15(13)16;1-3-5-4-2;;;/h2*2-11H,1H3;3-4H2,1-2H3;2*1H3;. The molecule has 0 radical (unpaired) electrons. The zero-order valence-corrected chi connectivity index (χ0v) is 29.6. The van der Waals surface area contributed by atoms with Crippen LogP contribution in [0.5, 0.6) is 0 Å². The Labute approximate surface area is 242 Å². The third-order valence-electron chi connectivity index (χ3n) is 10.6. The van der Waals surface area contributed by atoms with Crippen molar-refractivity contribution in [3.05, 3.63) is 130 Å². The Morgan fingerprint density at radius 3 is 1.35 bits per heavy atom. The van der Waals surface area contributed by atoms with Crippen LogP contribution in [0, 0.1) is 13.8 Å². The number of allylic oxidation sites excluding steroid dienone is 2. The van der Waals surface area contributed by atoms with Gasteiger partial charge in [0, 0.05) is 0 Å². The number of aryl methyl sites for hydroxylation is 2. The van der Waals surface area contributed by atoms with Gasteiger partial charge in [0.05, 0.1) is 0 Å². The molecule has 2 aliphatic rings. The minimum absolute atomic E-state index is 0.560. The normalized spacial score (nSPS) is 17.7. The molecule has 0 aliphatic heterocycles. The zero-order valence-electron chi connectivity index (χ0n) is 25.0. The molecule has 2 aliphatic carbocycles. The van der Waals surface area contributed by atoms with Crippen LogP contribution in [-0.4, -0.2) is 5.49 Å². The van der Waals surface area contributed by atoms with Crippen molar-refractivity contribution in [1.82, 2.24) is 0 Å². The molecular formula is C38H42HfSi. The van der Waals surface area contributed by atoms with Crippen LogP contribution in [0.3, 0.4) is 0 Å². The van der Waals surface area contributed by atoms with E-state index in [1.165, 1.54) is 56.6 Å². The average molecular weight is 705 g/mol. The molecule has 2 unspecified atom stereocenters. The van der Waals surface area contributed by atoms with Gasteiger partial charge in [-0.1, -0.05) is 0 Å². The van der Waals surface area contributed by atoms with Gasteiger partial charge < -0.3 is 0 Å². The van der Waals surface area contributed by atoms with Gasteiger partial charge in [0.2, 0.25) is 0 Å². The molecule has 202 valence electrons. The molecule has 0 amide bonds. The Bertz CT molecular complexity index is 1640. The van der Waals surface area contributed by atoms with Gasteiger partial charge in [-0.25, -0.2) is 0 Å². The second kappa shape index (κ2) is 10.4. The topological polar surface area (TPSA) is 0 Å². The summed E-state index contributed by atoms with van der Waals surface area (Å²) in [5, 5.41) is 0. The summed E-state index contributed by atoms with van der Waals surface area (Å²) in [7, 11) is 0. The van der Waals surface area contributed by atoms with E-state index in [4.69, 9.17) is 0 Å². The van der Waals surface area contributed by atoms with E-state index in [2.05, 4.69) is 146 Å². The molecule has 4 aromatic rings. The van der Waals surface area contributed by atoms with Crippen molar-refractivity contribution < 1.29 is 17.1 Å².